The van der Waals surface area contributed by atoms with Crippen molar-refractivity contribution in [2.75, 3.05) is 6.16 Å². The van der Waals surface area contributed by atoms with Crippen LogP contribution < -0.4 is 0 Å². The second-order valence-electron chi connectivity index (χ2n) is 4.93. The topological polar surface area (TPSA) is 85.2 Å². The van der Waals surface area contributed by atoms with E-state index in [1.54, 1.807) is 6.92 Å². The minimum Gasteiger partial charge on any atom is -0.443 e. The van der Waals surface area contributed by atoms with Gasteiger partial charge in [-0.15, -0.1) is 0 Å². The van der Waals surface area contributed by atoms with Gasteiger partial charge in [-0.2, -0.15) is 18.2 Å². The zero-order valence-electron chi connectivity index (χ0n) is 13.9. The molecule has 25 heavy (non-hydrogen) atoms. The molecule has 0 fully saturated rings. The Labute approximate surface area is 144 Å². The number of amides is 1. The lowest BCUT2D eigenvalue weighted by Gasteiger charge is -2.17. The van der Waals surface area contributed by atoms with Crippen molar-refractivity contribution in [3.05, 3.63) is 35.9 Å². The summed E-state index contributed by atoms with van der Waals surface area (Å²) in [5.74, 6) is 0. The first-order valence-electron chi connectivity index (χ1n) is 7.23. The SMILES string of the molecule is C=NC(=O)OCc1ccccc1.CCC(C)OP(=O)(O)CC(F)(F)F. The number of nitrogens with zero attached hydrogens (tertiary/aromatic N) is 1. The van der Waals surface area contributed by atoms with E-state index in [0.717, 1.165) is 5.56 Å². The van der Waals surface area contributed by atoms with E-state index >= 15 is 0 Å². The van der Waals surface area contributed by atoms with Crippen LogP contribution in [0.3, 0.4) is 0 Å². The van der Waals surface area contributed by atoms with Crippen LogP contribution in [0.25, 0.3) is 0 Å². The van der Waals surface area contributed by atoms with Crippen molar-refractivity contribution in [1.82, 2.24) is 0 Å². The fraction of sp³-hybridized carbons (Fsp3) is 0.467. The average molecular weight is 383 g/mol. The standard InChI is InChI=1S/C9H9NO2.C6H12F3O3P/c1-10-9(11)12-7-8-5-3-2-4-6-8;1-3-5(2)12-13(10,11)4-6(7,8)9/h2-6H,1,7H2;5H,3-4H2,1-2H3,(H,10,11). The maximum atomic E-state index is 11.7. The van der Waals surface area contributed by atoms with Crippen LogP contribution in [0.4, 0.5) is 18.0 Å². The van der Waals surface area contributed by atoms with Gasteiger partial charge in [-0.05, 0) is 25.6 Å². The number of hydrogen-bond donors (Lipinski definition) is 1. The molecule has 0 radical (unpaired) electrons. The summed E-state index contributed by atoms with van der Waals surface area (Å²) in [6, 6.07) is 9.40. The van der Waals surface area contributed by atoms with Crippen molar-refractivity contribution in [2.24, 2.45) is 4.99 Å². The third-order valence-electron chi connectivity index (χ3n) is 2.63. The molecule has 6 nitrogen and oxygen atoms in total. The Hall–Kier alpha value is -1.70. The van der Waals surface area contributed by atoms with Gasteiger partial charge < -0.3 is 14.2 Å². The summed E-state index contributed by atoms with van der Waals surface area (Å²) in [5, 5.41) is 0. The van der Waals surface area contributed by atoms with Crippen LogP contribution in [0, 0.1) is 0 Å². The second kappa shape index (κ2) is 11.0. The maximum absolute atomic E-state index is 11.7. The first-order chi connectivity index (χ1) is 11.5. The van der Waals surface area contributed by atoms with Crippen LogP contribution in [0.1, 0.15) is 25.8 Å². The summed E-state index contributed by atoms with van der Waals surface area (Å²) < 4.78 is 55.0. The van der Waals surface area contributed by atoms with Crippen molar-refractivity contribution in [3.63, 3.8) is 0 Å². The quantitative estimate of drug-likeness (QED) is 0.574. The van der Waals surface area contributed by atoms with Crippen LogP contribution in [0.2, 0.25) is 0 Å². The molecule has 0 saturated heterocycles. The highest BCUT2D eigenvalue weighted by Crippen LogP contribution is 2.48. The third-order valence-corrected chi connectivity index (χ3v) is 4.08. The molecule has 0 spiro atoms. The minimum atomic E-state index is -4.67. The lowest BCUT2D eigenvalue weighted by Crippen LogP contribution is -2.17. The number of alkyl halides is 3. The molecule has 1 rings (SSSR count). The fourth-order valence-electron chi connectivity index (χ4n) is 1.38. The van der Waals surface area contributed by atoms with Crippen molar-refractivity contribution < 1.29 is 36.7 Å². The van der Waals surface area contributed by atoms with Gasteiger partial charge in [0.2, 0.25) is 0 Å². The van der Waals surface area contributed by atoms with Crippen molar-refractivity contribution in [3.8, 4) is 0 Å². The number of benzene rings is 1. The van der Waals surface area contributed by atoms with E-state index < -0.39 is 32.1 Å². The molecule has 1 aromatic rings. The Morgan fingerprint density at radius 1 is 1.36 bits per heavy atom. The van der Waals surface area contributed by atoms with Crippen LogP contribution in [-0.4, -0.2) is 36.1 Å². The second-order valence-corrected chi connectivity index (χ2v) is 6.74. The van der Waals surface area contributed by atoms with Crippen LogP contribution in [0.15, 0.2) is 35.3 Å². The van der Waals surface area contributed by atoms with Gasteiger partial charge >= 0.3 is 19.9 Å². The number of aliphatic imine (C=N–C) groups is 1. The fourth-order valence-corrected chi connectivity index (χ4v) is 2.62. The number of carbonyl (C=O) groups excluding carboxylic acids is 1. The summed E-state index contributed by atoms with van der Waals surface area (Å²) in [4.78, 5) is 22.4. The van der Waals surface area contributed by atoms with Crippen LogP contribution in [0.5, 0.6) is 0 Å². The highest BCUT2D eigenvalue weighted by molar-refractivity contribution is 7.52. The number of halogens is 3. The summed E-state index contributed by atoms with van der Waals surface area (Å²) in [5.41, 5.74) is 0.939. The number of carbonyl (C=O) groups is 1. The Morgan fingerprint density at radius 2 is 1.92 bits per heavy atom. The molecule has 142 valence electrons. The van der Waals surface area contributed by atoms with Gasteiger partial charge in [-0.25, -0.2) is 4.79 Å². The van der Waals surface area contributed by atoms with E-state index in [9.17, 15) is 22.5 Å². The van der Waals surface area contributed by atoms with Crippen molar-refractivity contribution >= 4 is 20.4 Å². The average Bonchev–Trinajstić information content (AvgIpc) is 2.51. The molecule has 0 aliphatic heterocycles. The predicted octanol–water partition coefficient (Wildman–Crippen LogP) is 4.57. The Balaban J connectivity index is 0.000000462. The summed E-state index contributed by atoms with van der Waals surface area (Å²) in [6.07, 6.45) is -7.35. The van der Waals surface area contributed by atoms with Crippen molar-refractivity contribution in [2.45, 2.75) is 39.2 Å². The highest BCUT2D eigenvalue weighted by atomic mass is 31.2. The van der Waals surface area contributed by atoms with E-state index in [4.69, 9.17) is 9.63 Å². The molecule has 2 atom stereocenters. The molecular formula is C15H21F3NO5P. The molecule has 0 aliphatic carbocycles. The molecular weight excluding hydrogens is 362 g/mol. The zero-order valence-corrected chi connectivity index (χ0v) is 14.8. The Morgan fingerprint density at radius 3 is 2.36 bits per heavy atom. The third kappa shape index (κ3) is 13.3. The van der Waals surface area contributed by atoms with E-state index in [-0.39, 0.29) is 6.61 Å². The molecule has 1 amide bonds. The molecule has 0 aromatic heterocycles. The number of hydrogen-bond acceptors (Lipinski definition) is 4. The lowest BCUT2D eigenvalue weighted by atomic mass is 10.2. The van der Waals surface area contributed by atoms with Gasteiger partial charge in [0, 0.05) is 0 Å². The predicted molar refractivity (Wildman–Crippen MR) is 87.8 cm³/mol. The minimum absolute atomic E-state index is 0.249. The Bertz CT molecular complexity index is 580. The summed E-state index contributed by atoms with van der Waals surface area (Å²) >= 11 is 0. The molecule has 0 heterocycles. The van der Waals surface area contributed by atoms with E-state index in [0.29, 0.717) is 6.42 Å². The monoisotopic (exact) mass is 383 g/mol. The van der Waals surface area contributed by atoms with Gasteiger partial charge in [-0.1, -0.05) is 37.3 Å². The molecule has 10 heteroatoms. The smallest absolute Gasteiger partial charge is 0.433 e. The van der Waals surface area contributed by atoms with Crippen molar-refractivity contribution in [1.29, 1.82) is 0 Å². The first-order valence-corrected chi connectivity index (χ1v) is 8.99. The highest BCUT2D eigenvalue weighted by Gasteiger charge is 2.39. The van der Waals surface area contributed by atoms with Gasteiger partial charge in [-0.3, -0.25) is 4.57 Å². The van der Waals surface area contributed by atoms with E-state index in [1.165, 1.54) is 6.92 Å². The van der Waals surface area contributed by atoms with E-state index in [1.807, 2.05) is 30.3 Å². The summed E-state index contributed by atoms with van der Waals surface area (Å²) in [6.45, 7) is 6.39. The zero-order chi connectivity index (χ0) is 19.5. The van der Waals surface area contributed by atoms with Gasteiger partial charge in [0.05, 0.1) is 6.10 Å². The number of ether oxygens (including phenoxy) is 1. The summed E-state index contributed by atoms with van der Waals surface area (Å²) in [7, 11) is -4.51. The van der Waals surface area contributed by atoms with Crippen LogP contribution >= 0.6 is 7.60 Å². The van der Waals surface area contributed by atoms with Gasteiger partial charge in [0.15, 0.2) is 0 Å². The lowest BCUT2D eigenvalue weighted by molar-refractivity contribution is -0.110. The van der Waals surface area contributed by atoms with Crippen LogP contribution in [-0.2, 0) is 20.4 Å². The van der Waals surface area contributed by atoms with Gasteiger partial charge in [0.25, 0.3) is 0 Å². The van der Waals surface area contributed by atoms with E-state index in [2.05, 4.69) is 16.2 Å². The Kier molecular flexibility index (Phi) is 10.3. The normalized spacial score (nSPS) is 14.5. The molecule has 0 saturated carbocycles. The molecule has 1 N–H and O–H groups in total. The first kappa shape index (κ1) is 23.3. The molecule has 2 unspecified atom stereocenters. The largest absolute Gasteiger partial charge is 0.443 e. The molecule has 0 bridgehead atoms. The van der Waals surface area contributed by atoms with Gasteiger partial charge in [0.1, 0.15) is 12.8 Å². The molecule has 1 aromatic carbocycles. The maximum Gasteiger partial charge on any atom is 0.433 e. The molecule has 0 aliphatic rings. The number of rotatable bonds is 6.